The average molecular weight is 1830 g/mol. The number of esters is 2. The maximum Gasteiger partial charge on any atom is 0.349 e. The number of aliphatic hydroxyl groups is 2. The molecular formula is C107H133N12O15+. The number of ether oxygens (including phenoxy) is 4. The van der Waals surface area contributed by atoms with Crippen LogP contribution in [0.1, 0.15) is 183 Å². The van der Waals surface area contributed by atoms with Gasteiger partial charge in [0.05, 0.1) is 58.9 Å². The van der Waals surface area contributed by atoms with Crippen molar-refractivity contribution in [3.63, 3.8) is 0 Å². The second-order valence-electron chi connectivity index (χ2n) is 36.0. The van der Waals surface area contributed by atoms with Gasteiger partial charge in [0.1, 0.15) is 59.1 Å². The molecule has 0 atom stereocenters. The molecule has 2 aromatic heterocycles. The number of aromatic hydroxyl groups is 2. The highest BCUT2D eigenvalue weighted by Gasteiger charge is 2.45. The number of benzene rings is 4. The first kappa shape index (κ1) is 100. The van der Waals surface area contributed by atoms with Crippen molar-refractivity contribution in [1.29, 1.82) is 0 Å². The number of anilines is 1. The van der Waals surface area contributed by atoms with Crippen LogP contribution < -0.4 is 24.2 Å². The standard InChI is InChI=1S/C46H52N2O10.C32H48N6O2.C29H32N4O3/c1-11-47(12-2)31-15-17-33(37(21-31)57-39(49)23-55-35-19-25(5)43(51)29(9)27(35)7)41-45(53)42(46(41)54)34-18-16-32(48(13-3)14-4)22-38(34)58-40(50)24-56-36-20-26(6)44(52)30(10)28(36)8;1-21-23(3)37(19-17-33(7)35-13-9-10-14-35)25(5)27(21)29-31(39)30(32(29)40)28-22(2)24(4)38(26(28)6)20-18-34(8)36-15-11-12-16-36;1-16-12-17(2)31-27(16)26-28(35)25(29(26)36)24-18(3)19(4)33(20(24)5)15-23(34)13-21-8-10-22(11-9-21)14-30-32(6)7/h15-22H,11-14,23-24H2,1-10H3,(H2-,51,52,53,54);9-20H2,1-8H3;8-12,14,35H,13,15H2,1-7H3/p+1/b;;27-26?,30-14+. The predicted octanol–water partition coefficient (Wildman–Crippen LogP) is 15.2. The Morgan fingerprint density at radius 3 is 1.60 bits per heavy atom. The van der Waals surface area contributed by atoms with Crippen molar-refractivity contribution < 1.29 is 82.4 Å². The number of hydrazone groups is 1. The van der Waals surface area contributed by atoms with Crippen LogP contribution in [0.3, 0.4) is 0 Å². The highest BCUT2D eigenvalue weighted by Crippen LogP contribution is 2.48. The average Bonchev–Trinajstić information content (AvgIpc) is 1.58. The first-order valence-corrected chi connectivity index (χ1v) is 46.5. The van der Waals surface area contributed by atoms with Crippen molar-refractivity contribution >= 4 is 80.8 Å². The molecule has 4 aliphatic heterocycles. The Balaban J connectivity index is 0.000000188. The van der Waals surface area contributed by atoms with Gasteiger partial charge in [-0.1, -0.05) is 30.0 Å². The van der Waals surface area contributed by atoms with Crippen LogP contribution in [0.2, 0.25) is 0 Å². The Bertz CT molecular complexity index is 6260. The van der Waals surface area contributed by atoms with E-state index in [0.29, 0.717) is 105 Å². The molecule has 4 aromatic carbocycles. The minimum absolute atomic E-state index is 0.0197. The van der Waals surface area contributed by atoms with Crippen molar-refractivity contribution in [2.45, 2.75) is 191 Å². The lowest BCUT2D eigenvalue weighted by molar-refractivity contribution is -0.519. The summed E-state index contributed by atoms with van der Waals surface area (Å²) in [4.78, 5) is 87.1. The number of nitrogens with zero attached hydrogens (tertiary/aromatic N) is 12. The monoisotopic (exact) mass is 1830 g/mol. The molecule has 0 spiro atoms. The van der Waals surface area contributed by atoms with E-state index in [1.165, 1.54) is 25.7 Å². The van der Waals surface area contributed by atoms with Gasteiger partial charge < -0.3 is 63.5 Å². The number of carbonyl (C=O) groups is 6. The van der Waals surface area contributed by atoms with Crippen LogP contribution in [0.4, 0.5) is 5.69 Å². The highest BCUT2D eigenvalue weighted by molar-refractivity contribution is 6.42. The summed E-state index contributed by atoms with van der Waals surface area (Å²) in [6.45, 7) is 50.4. The molecule has 2 fully saturated rings. The molecule has 14 rings (SSSR count). The van der Waals surface area contributed by atoms with E-state index in [1.807, 2.05) is 121 Å². The third-order valence-corrected chi connectivity index (χ3v) is 27.6. The molecule has 27 nitrogen and oxygen atoms in total. The number of hydrogen-bond acceptors (Lipinski definition) is 23. The Kier molecular flexibility index (Phi) is 31.5. The second-order valence-corrected chi connectivity index (χ2v) is 36.0. The zero-order valence-corrected chi connectivity index (χ0v) is 82.9. The predicted molar refractivity (Wildman–Crippen MR) is 525 cm³/mol. The molecule has 4 aliphatic carbocycles. The Labute approximate surface area is 788 Å². The van der Waals surface area contributed by atoms with Crippen molar-refractivity contribution in [2.24, 2.45) is 10.1 Å². The number of hydrazine groups is 2. The van der Waals surface area contributed by atoms with Crippen LogP contribution >= 0.6 is 0 Å². The van der Waals surface area contributed by atoms with E-state index >= 15 is 0 Å². The van der Waals surface area contributed by atoms with E-state index in [4.69, 9.17) is 18.9 Å². The Hall–Kier alpha value is -12.8. The summed E-state index contributed by atoms with van der Waals surface area (Å²) in [5.41, 5.74) is 22.4. The van der Waals surface area contributed by atoms with Gasteiger partial charge in [-0.3, -0.25) is 24.2 Å². The summed E-state index contributed by atoms with van der Waals surface area (Å²) in [6.07, 6.45) is 14.1. The SMILES string of the molecule is CC1=C(C)[N+](CCN(C)N2CCCC2)=C(C)/C1=C1\C(=O)C(c2c(C)c(C)n(CCN(C)N3CCCC3)c2C)=C1[O-].CC1=CC(C)=NC1=C1C(=O)C(c2c(C)c(C)n(CC(=O)Cc3ccc(/C=N/N(C)C)cc3)c2C)=C1O.CCN(CC)c1ccc(C2=C(O)C(=C3C=CC(=[N+](CC)CC)C=C3OC(=O)COc3cc(C)c(O)c(C)c3C)C2=O)c(OC(=O)COc2cc(C)c(O)c(C)c2C)c1. The number of aliphatic hydroxyl groups excluding tert-OH is 2. The summed E-state index contributed by atoms with van der Waals surface area (Å²) in [7, 11) is 8.04. The maximum atomic E-state index is 14.1. The minimum atomic E-state index is -0.743. The zero-order chi connectivity index (χ0) is 97.8. The molecule has 134 heavy (non-hydrogen) atoms. The van der Waals surface area contributed by atoms with Crippen LogP contribution in [0.5, 0.6) is 28.7 Å². The van der Waals surface area contributed by atoms with E-state index in [1.54, 1.807) is 101 Å². The number of Topliss-reactive ketones (excluding diaryl/α,β-unsaturated/α-hetero) is 4. The van der Waals surface area contributed by atoms with Crippen molar-refractivity contribution in [1.82, 2.24) is 34.2 Å². The molecule has 2 saturated heterocycles. The van der Waals surface area contributed by atoms with Gasteiger partial charge in [-0.15, -0.1) is 0 Å². The van der Waals surface area contributed by atoms with E-state index in [0.717, 1.165) is 148 Å². The van der Waals surface area contributed by atoms with Gasteiger partial charge in [0.2, 0.25) is 17.3 Å². The fourth-order valence-corrected chi connectivity index (χ4v) is 19.0. The van der Waals surface area contributed by atoms with E-state index in [9.17, 15) is 54.3 Å². The summed E-state index contributed by atoms with van der Waals surface area (Å²) in [5, 5.41) is 72.3. The fraction of sp³-hybridized carbons (Fsp3) is 0.421. The third kappa shape index (κ3) is 20.3. The number of aromatic nitrogens is 2. The van der Waals surface area contributed by atoms with Gasteiger partial charge in [0.25, 0.3) is 0 Å². The number of rotatable bonds is 30. The first-order valence-electron chi connectivity index (χ1n) is 46.5. The van der Waals surface area contributed by atoms with Crippen molar-refractivity contribution in [2.75, 3.05) is 118 Å². The van der Waals surface area contributed by atoms with Crippen LogP contribution in [0.15, 0.2) is 162 Å². The normalized spacial score (nSPS) is 18.0. The largest absolute Gasteiger partial charge is 0.871 e. The third-order valence-electron chi connectivity index (χ3n) is 27.6. The molecule has 4 N–H and O–H groups in total. The number of carbonyl (C=O) groups excluding carboxylic acids is 6. The topological polar surface area (TPSA) is 303 Å². The second kappa shape index (κ2) is 42.2. The van der Waals surface area contributed by atoms with Crippen LogP contribution in [-0.4, -0.2) is 236 Å². The van der Waals surface area contributed by atoms with E-state index in [-0.39, 0.29) is 92.0 Å². The molecule has 0 bridgehead atoms. The number of phenolic OH excluding ortho intramolecular Hbond substituents is 2. The molecule has 0 amide bonds. The molecule has 6 heterocycles. The number of aryl methyl sites for hydroxylation is 2. The lowest BCUT2D eigenvalue weighted by Gasteiger charge is -2.32. The number of ketones is 4. The number of allylic oxidation sites excluding steroid dienone is 14. The Morgan fingerprint density at radius 1 is 0.560 bits per heavy atom. The molecule has 27 heteroatoms. The van der Waals surface area contributed by atoms with Gasteiger partial charge in [-0.2, -0.15) is 9.68 Å². The highest BCUT2D eigenvalue weighted by atomic mass is 16.6. The van der Waals surface area contributed by atoms with Crippen molar-refractivity contribution in [3.8, 4) is 28.7 Å². The van der Waals surface area contributed by atoms with Gasteiger partial charge in [0, 0.05) is 186 Å². The quantitative estimate of drug-likeness (QED) is 0.00813. The summed E-state index contributed by atoms with van der Waals surface area (Å²) in [5.74, 6) is -1.47. The zero-order valence-electron chi connectivity index (χ0n) is 82.9. The lowest BCUT2D eigenvalue weighted by atomic mass is 9.78. The summed E-state index contributed by atoms with van der Waals surface area (Å²) >= 11 is 0. The van der Waals surface area contributed by atoms with Gasteiger partial charge in [-0.05, 0) is 255 Å². The van der Waals surface area contributed by atoms with Gasteiger partial charge in [-0.25, -0.2) is 34.2 Å². The summed E-state index contributed by atoms with van der Waals surface area (Å²) < 4.78 is 31.9. The van der Waals surface area contributed by atoms with Gasteiger partial charge in [0.15, 0.2) is 42.7 Å². The summed E-state index contributed by atoms with van der Waals surface area (Å²) in [6, 6.07) is 16.1. The number of phenols is 2. The molecule has 6 aromatic rings. The lowest BCUT2D eigenvalue weighted by Crippen LogP contribution is -2.41. The van der Waals surface area contributed by atoms with Crippen LogP contribution in [0.25, 0.3) is 16.7 Å². The fourth-order valence-electron chi connectivity index (χ4n) is 19.0. The minimum Gasteiger partial charge on any atom is -0.871 e. The molecule has 0 unspecified atom stereocenters. The first-order chi connectivity index (χ1) is 63.6. The number of likely N-dealkylation sites (N-methyl/N-ethyl adjacent to an activating group) is 2. The van der Waals surface area contributed by atoms with Crippen LogP contribution in [-0.2, 0) is 53.0 Å². The molecule has 0 radical (unpaired) electrons. The smallest absolute Gasteiger partial charge is 0.349 e. The molecule has 8 aliphatic rings. The van der Waals surface area contributed by atoms with Gasteiger partial charge >= 0.3 is 11.9 Å². The molecule has 710 valence electrons. The number of aliphatic imine (C=N–C) groups is 1. The molecule has 0 saturated carbocycles. The molecular weight excluding hydrogens is 1690 g/mol. The van der Waals surface area contributed by atoms with Crippen molar-refractivity contribution in [3.05, 3.63) is 247 Å². The number of hydrogen-bond donors (Lipinski definition) is 4. The van der Waals surface area contributed by atoms with Crippen LogP contribution in [0, 0.1) is 83.1 Å². The maximum absolute atomic E-state index is 14.1. The Morgan fingerprint density at radius 2 is 1.08 bits per heavy atom. The van der Waals surface area contributed by atoms with E-state index < -0.39 is 30.9 Å². The van der Waals surface area contributed by atoms with E-state index in [2.05, 4.69) is 94.9 Å².